The molecule has 4 aliphatic rings. The van der Waals surface area contributed by atoms with E-state index >= 15 is 0 Å². The van der Waals surface area contributed by atoms with Crippen molar-refractivity contribution in [3.05, 3.63) is 11.6 Å². The average molecular weight is 403 g/mol. The van der Waals surface area contributed by atoms with Gasteiger partial charge in [-0.3, -0.25) is 9.59 Å². The Hall–Kier alpha value is -1.32. The van der Waals surface area contributed by atoms with Crippen LogP contribution in [0.2, 0.25) is 0 Å². The maximum absolute atomic E-state index is 11.4. The zero-order valence-electron chi connectivity index (χ0n) is 18.7. The zero-order valence-corrected chi connectivity index (χ0v) is 18.7. The summed E-state index contributed by atoms with van der Waals surface area (Å²) in [5.74, 6) is 2.73. The first-order chi connectivity index (χ1) is 13.7. The summed E-state index contributed by atoms with van der Waals surface area (Å²) >= 11 is 0. The highest BCUT2D eigenvalue weighted by atomic mass is 16.5. The molecule has 4 aliphatic carbocycles. The number of esters is 2. The molecule has 0 N–H and O–H groups in total. The van der Waals surface area contributed by atoms with Crippen molar-refractivity contribution in [1.82, 2.24) is 0 Å². The Labute approximate surface area is 175 Å². The van der Waals surface area contributed by atoms with Gasteiger partial charge in [-0.2, -0.15) is 0 Å². The van der Waals surface area contributed by atoms with Crippen LogP contribution in [0.15, 0.2) is 11.6 Å². The fraction of sp³-hybridized carbons (Fsp3) is 0.840. The minimum absolute atomic E-state index is 0.0781. The van der Waals surface area contributed by atoms with Crippen molar-refractivity contribution in [3.8, 4) is 0 Å². The molecule has 3 saturated carbocycles. The Bertz CT molecular complexity index is 697. The minimum Gasteiger partial charge on any atom is -0.466 e. The summed E-state index contributed by atoms with van der Waals surface area (Å²) in [6, 6.07) is 0. The number of hydrogen-bond donors (Lipinski definition) is 0. The highest BCUT2D eigenvalue weighted by molar-refractivity contribution is 5.66. The van der Waals surface area contributed by atoms with Crippen LogP contribution in [-0.2, 0) is 19.1 Å². The second kappa shape index (κ2) is 7.74. The van der Waals surface area contributed by atoms with E-state index in [-0.39, 0.29) is 23.5 Å². The maximum atomic E-state index is 11.4. The summed E-state index contributed by atoms with van der Waals surface area (Å²) in [5.41, 5.74) is 2.25. The molecule has 7 atom stereocenters. The molecule has 0 aromatic carbocycles. The molecule has 0 heterocycles. The van der Waals surface area contributed by atoms with Gasteiger partial charge >= 0.3 is 11.9 Å². The molecular weight excluding hydrogens is 364 g/mol. The molecule has 0 radical (unpaired) electrons. The standard InChI is InChI=1S/C25H38O4/c1-16(26)28-14-11-18-6-8-22-21-7-5-19-15-20(29-17(2)27)9-12-25(19,4)23(21)10-13-24(18,22)3/h5,18,20-23H,6-15H2,1-4H3/t18-,20?,21+,22+,23+,24-,25+/m1/s1. The van der Waals surface area contributed by atoms with Gasteiger partial charge in [-0.25, -0.2) is 0 Å². The second-order valence-corrected chi connectivity index (χ2v) is 10.7. The van der Waals surface area contributed by atoms with E-state index in [1.54, 1.807) is 5.57 Å². The number of hydrogen-bond acceptors (Lipinski definition) is 4. The molecule has 4 heteroatoms. The number of rotatable bonds is 4. The molecule has 162 valence electrons. The number of ether oxygens (including phenoxy) is 2. The average Bonchev–Trinajstić information content (AvgIpc) is 2.98. The molecular formula is C25H38O4. The van der Waals surface area contributed by atoms with Crippen LogP contribution in [0.1, 0.15) is 85.5 Å². The van der Waals surface area contributed by atoms with Gasteiger partial charge in [0.2, 0.25) is 0 Å². The van der Waals surface area contributed by atoms with Crippen molar-refractivity contribution in [1.29, 1.82) is 0 Å². The summed E-state index contributed by atoms with van der Waals surface area (Å²) in [6.07, 6.45) is 13.1. The molecule has 0 saturated heterocycles. The van der Waals surface area contributed by atoms with Crippen LogP contribution in [0.3, 0.4) is 0 Å². The van der Waals surface area contributed by atoms with Crippen molar-refractivity contribution in [2.75, 3.05) is 6.61 Å². The molecule has 0 aromatic rings. The van der Waals surface area contributed by atoms with Crippen LogP contribution in [0.5, 0.6) is 0 Å². The van der Waals surface area contributed by atoms with E-state index in [2.05, 4.69) is 19.9 Å². The van der Waals surface area contributed by atoms with E-state index in [4.69, 9.17) is 9.47 Å². The van der Waals surface area contributed by atoms with Gasteiger partial charge < -0.3 is 9.47 Å². The molecule has 4 rings (SSSR count). The first-order valence-corrected chi connectivity index (χ1v) is 11.7. The maximum Gasteiger partial charge on any atom is 0.302 e. The molecule has 0 bridgehead atoms. The third-order valence-corrected chi connectivity index (χ3v) is 9.36. The fourth-order valence-corrected chi connectivity index (χ4v) is 7.89. The largest absolute Gasteiger partial charge is 0.466 e. The predicted molar refractivity (Wildman–Crippen MR) is 112 cm³/mol. The molecule has 29 heavy (non-hydrogen) atoms. The van der Waals surface area contributed by atoms with Gasteiger partial charge in [0.05, 0.1) is 6.61 Å². The summed E-state index contributed by atoms with van der Waals surface area (Å²) in [4.78, 5) is 22.6. The normalized spacial score (nSPS) is 43.4. The van der Waals surface area contributed by atoms with E-state index in [9.17, 15) is 9.59 Å². The summed E-state index contributed by atoms with van der Waals surface area (Å²) in [6.45, 7) is 8.63. The Kier molecular flexibility index (Phi) is 5.59. The van der Waals surface area contributed by atoms with Crippen LogP contribution >= 0.6 is 0 Å². The van der Waals surface area contributed by atoms with Gasteiger partial charge in [-0.15, -0.1) is 0 Å². The molecule has 3 fully saturated rings. The van der Waals surface area contributed by atoms with Gasteiger partial charge in [0.25, 0.3) is 0 Å². The first kappa shape index (κ1) is 20.9. The Morgan fingerprint density at radius 1 is 1.03 bits per heavy atom. The van der Waals surface area contributed by atoms with E-state index in [1.165, 1.54) is 46.0 Å². The molecule has 4 nitrogen and oxygen atoms in total. The molecule has 0 spiro atoms. The van der Waals surface area contributed by atoms with Crippen LogP contribution in [0, 0.1) is 34.5 Å². The third kappa shape index (κ3) is 3.65. The van der Waals surface area contributed by atoms with Crippen LogP contribution in [-0.4, -0.2) is 24.6 Å². The number of allylic oxidation sites excluding steroid dienone is 1. The topological polar surface area (TPSA) is 52.6 Å². The zero-order chi connectivity index (χ0) is 20.8. The van der Waals surface area contributed by atoms with Gasteiger partial charge in [0.15, 0.2) is 0 Å². The third-order valence-electron chi connectivity index (χ3n) is 9.36. The van der Waals surface area contributed by atoms with E-state index in [0.29, 0.717) is 17.9 Å². The van der Waals surface area contributed by atoms with Crippen molar-refractivity contribution < 1.29 is 19.1 Å². The lowest BCUT2D eigenvalue weighted by atomic mass is 9.47. The van der Waals surface area contributed by atoms with E-state index < -0.39 is 0 Å². The minimum atomic E-state index is -0.157. The van der Waals surface area contributed by atoms with Crippen LogP contribution in [0.25, 0.3) is 0 Å². The fourth-order valence-electron chi connectivity index (χ4n) is 7.89. The molecule has 0 amide bonds. The van der Waals surface area contributed by atoms with Crippen molar-refractivity contribution in [3.63, 3.8) is 0 Å². The summed E-state index contributed by atoms with van der Waals surface area (Å²) < 4.78 is 10.8. The highest BCUT2D eigenvalue weighted by Crippen LogP contribution is 2.66. The quantitative estimate of drug-likeness (QED) is 0.463. The van der Waals surface area contributed by atoms with Crippen molar-refractivity contribution in [2.24, 2.45) is 34.5 Å². The Morgan fingerprint density at radius 2 is 1.83 bits per heavy atom. The molecule has 0 aliphatic heterocycles. The van der Waals surface area contributed by atoms with E-state index in [1.807, 2.05) is 0 Å². The van der Waals surface area contributed by atoms with E-state index in [0.717, 1.165) is 43.4 Å². The predicted octanol–water partition coefficient (Wildman–Crippen LogP) is 5.45. The Balaban J connectivity index is 1.48. The van der Waals surface area contributed by atoms with Gasteiger partial charge in [0.1, 0.15) is 6.10 Å². The van der Waals surface area contributed by atoms with Crippen LogP contribution < -0.4 is 0 Å². The highest BCUT2D eigenvalue weighted by Gasteiger charge is 2.58. The molecule has 0 aromatic heterocycles. The lowest BCUT2D eigenvalue weighted by Gasteiger charge is -2.58. The van der Waals surface area contributed by atoms with Crippen LogP contribution in [0.4, 0.5) is 0 Å². The first-order valence-electron chi connectivity index (χ1n) is 11.7. The van der Waals surface area contributed by atoms with Crippen molar-refractivity contribution in [2.45, 2.75) is 91.6 Å². The smallest absolute Gasteiger partial charge is 0.302 e. The van der Waals surface area contributed by atoms with Gasteiger partial charge in [0, 0.05) is 20.3 Å². The van der Waals surface area contributed by atoms with Gasteiger partial charge in [-0.1, -0.05) is 25.5 Å². The monoisotopic (exact) mass is 402 g/mol. The molecule has 1 unspecified atom stereocenters. The summed E-state index contributed by atoms with van der Waals surface area (Å²) in [7, 11) is 0. The summed E-state index contributed by atoms with van der Waals surface area (Å²) in [5, 5.41) is 0. The number of carbonyl (C=O) groups excluding carboxylic acids is 2. The SMILES string of the molecule is CC(=O)OCC[C@H]1CC[C@H]2[C@@H]3CC=C4CC(OC(C)=O)CC[C@]4(C)[C@H]3CC[C@]12C. The second-order valence-electron chi connectivity index (χ2n) is 10.7. The lowest BCUT2D eigenvalue weighted by Crippen LogP contribution is -2.50. The number of fused-ring (bicyclic) bond motifs is 5. The van der Waals surface area contributed by atoms with Crippen molar-refractivity contribution >= 4 is 11.9 Å². The Morgan fingerprint density at radius 3 is 2.55 bits per heavy atom. The lowest BCUT2D eigenvalue weighted by molar-refractivity contribution is -0.148. The number of carbonyl (C=O) groups is 2. The van der Waals surface area contributed by atoms with Gasteiger partial charge in [-0.05, 0) is 85.9 Å².